The molecular weight excluding hydrogens is 276 g/mol. The van der Waals surface area contributed by atoms with E-state index in [4.69, 9.17) is 4.74 Å². The van der Waals surface area contributed by atoms with E-state index in [1.165, 1.54) is 31.2 Å². The summed E-state index contributed by atoms with van der Waals surface area (Å²) in [6.07, 6.45) is 4.90. The Morgan fingerprint density at radius 1 is 1.32 bits per heavy atom. The van der Waals surface area contributed by atoms with Gasteiger partial charge in [0.2, 0.25) is 5.91 Å². The first-order valence-electron chi connectivity index (χ1n) is 8.47. The van der Waals surface area contributed by atoms with Crippen molar-refractivity contribution in [2.75, 3.05) is 24.6 Å². The lowest BCUT2D eigenvalue weighted by molar-refractivity contribution is -0.126. The number of morpholine rings is 1. The molecule has 3 aliphatic rings. The molecule has 0 aromatic heterocycles. The summed E-state index contributed by atoms with van der Waals surface area (Å²) in [6.45, 7) is 4.27. The van der Waals surface area contributed by atoms with Gasteiger partial charge in [0.15, 0.2) is 0 Å². The number of nitrogens with zero attached hydrogens (tertiary/aromatic N) is 1. The number of carbonyl (C=O) groups is 1. The molecule has 22 heavy (non-hydrogen) atoms. The van der Waals surface area contributed by atoms with Crippen molar-refractivity contribution in [1.82, 2.24) is 5.32 Å². The van der Waals surface area contributed by atoms with Crippen LogP contribution in [0, 0.1) is 0 Å². The van der Waals surface area contributed by atoms with Gasteiger partial charge in [-0.15, -0.1) is 0 Å². The van der Waals surface area contributed by atoms with Gasteiger partial charge in [-0.3, -0.25) is 4.79 Å². The van der Waals surface area contributed by atoms with E-state index in [-0.39, 0.29) is 23.5 Å². The number of carbonyl (C=O) groups excluding carboxylic acids is 1. The van der Waals surface area contributed by atoms with E-state index >= 15 is 0 Å². The predicted molar refractivity (Wildman–Crippen MR) is 86.1 cm³/mol. The molecule has 1 aliphatic carbocycles. The summed E-state index contributed by atoms with van der Waals surface area (Å²) in [5.41, 5.74) is 2.70. The third-order valence-corrected chi connectivity index (χ3v) is 5.64. The minimum Gasteiger partial charge on any atom is -0.375 e. The number of hydrogen-bond donors (Lipinski definition) is 1. The van der Waals surface area contributed by atoms with Gasteiger partial charge in [0.05, 0.1) is 12.7 Å². The Kier molecular flexibility index (Phi) is 3.46. The number of benzene rings is 1. The molecule has 0 bridgehead atoms. The van der Waals surface area contributed by atoms with Crippen molar-refractivity contribution >= 4 is 11.6 Å². The SMILES string of the molecule is C[C@H]1OCCN[C@@H]1C(=O)N1CC2(CCCC2)c2ccccc21. The molecule has 1 saturated carbocycles. The van der Waals surface area contributed by atoms with Gasteiger partial charge in [0, 0.05) is 24.2 Å². The third kappa shape index (κ3) is 2.09. The van der Waals surface area contributed by atoms with Crippen LogP contribution >= 0.6 is 0 Å². The Bertz CT molecular complexity index is 580. The van der Waals surface area contributed by atoms with Crippen LogP contribution < -0.4 is 10.2 Å². The molecule has 0 radical (unpaired) electrons. The molecule has 2 aliphatic heterocycles. The molecule has 2 fully saturated rings. The van der Waals surface area contributed by atoms with Crippen molar-refractivity contribution in [3.05, 3.63) is 29.8 Å². The van der Waals surface area contributed by atoms with Crippen LogP contribution in [0.2, 0.25) is 0 Å². The van der Waals surface area contributed by atoms with E-state index < -0.39 is 0 Å². The van der Waals surface area contributed by atoms with E-state index in [2.05, 4.69) is 23.5 Å². The van der Waals surface area contributed by atoms with Crippen LogP contribution in [0.4, 0.5) is 5.69 Å². The Balaban J connectivity index is 1.67. The van der Waals surface area contributed by atoms with E-state index in [0.717, 1.165) is 18.8 Å². The average molecular weight is 300 g/mol. The number of amides is 1. The van der Waals surface area contributed by atoms with Crippen molar-refractivity contribution in [3.63, 3.8) is 0 Å². The highest BCUT2D eigenvalue weighted by Gasteiger charge is 2.47. The summed E-state index contributed by atoms with van der Waals surface area (Å²) in [7, 11) is 0. The van der Waals surface area contributed by atoms with Crippen LogP contribution in [0.15, 0.2) is 24.3 Å². The number of anilines is 1. The molecule has 1 aromatic carbocycles. The van der Waals surface area contributed by atoms with Crippen molar-refractivity contribution in [3.8, 4) is 0 Å². The van der Waals surface area contributed by atoms with E-state index in [1.807, 2.05) is 17.9 Å². The second-order valence-electron chi connectivity index (χ2n) is 6.94. The fourth-order valence-corrected chi connectivity index (χ4v) is 4.48. The maximum atomic E-state index is 13.1. The van der Waals surface area contributed by atoms with Gasteiger partial charge >= 0.3 is 0 Å². The Morgan fingerprint density at radius 2 is 2.09 bits per heavy atom. The molecular formula is C18H24N2O2. The van der Waals surface area contributed by atoms with E-state index in [0.29, 0.717) is 6.61 Å². The summed E-state index contributed by atoms with van der Waals surface area (Å²) in [5.74, 6) is 0.170. The zero-order valence-corrected chi connectivity index (χ0v) is 13.2. The minimum absolute atomic E-state index is 0.0615. The van der Waals surface area contributed by atoms with Gasteiger partial charge in [-0.1, -0.05) is 31.0 Å². The second-order valence-corrected chi connectivity index (χ2v) is 6.94. The smallest absolute Gasteiger partial charge is 0.246 e. The van der Waals surface area contributed by atoms with Crippen molar-refractivity contribution in [2.45, 2.75) is 50.2 Å². The molecule has 1 amide bonds. The molecule has 1 spiro atoms. The lowest BCUT2D eigenvalue weighted by atomic mass is 9.81. The van der Waals surface area contributed by atoms with E-state index in [9.17, 15) is 4.79 Å². The van der Waals surface area contributed by atoms with Crippen LogP contribution in [0.1, 0.15) is 38.2 Å². The molecule has 2 heterocycles. The monoisotopic (exact) mass is 300 g/mol. The standard InChI is InChI=1S/C18H24N2O2/c1-13-16(19-10-11-22-13)17(21)20-12-18(8-4-5-9-18)14-6-2-3-7-15(14)20/h2-3,6-7,13,16,19H,4-5,8-12H2,1H3/t13-,16+/m1/s1. The third-order valence-electron chi connectivity index (χ3n) is 5.64. The summed E-state index contributed by atoms with van der Waals surface area (Å²) >= 11 is 0. The highest BCUT2D eigenvalue weighted by atomic mass is 16.5. The van der Waals surface area contributed by atoms with Gasteiger partial charge < -0.3 is 15.0 Å². The Hall–Kier alpha value is -1.39. The fourth-order valence-electron chi connectivity index (χ4n) is 4.48. The maximum Gasteiger partial charge on any atom is 0.246 e. The first kappa shape index (κ1) is 14.2. The molecule has 0 unspecified atom stereocenters. The molecule has 2 atom stereocenters. The van der Waals surface area contributed by atoms with Crippen LogP contribution in [0.25, 0.3) is 0 Å². The normalized spacial score (nSPS) is 29.8. The largest absolute Gasteiger partial charge is 0.375 e. The van der Waals surface area contributed by atoms with Gasteiger partial charge in [-0.25, -0.2) is 0 Å². The molecule has 1 aromatic rings. The number of ether oxygens (including phenoxy) is 1. The molecule has 4 nitrogen and oxygen atoms in total. The minimum atomic E-state index is -0.224. The zero-order chi connectivity index (χ0) is 15.2. The number of nitrogens with one attached hydrogen (secondary N) is 1. The molecule has 118 valence electrons. The molecule has 4 rings (SSSR count). The summed E-state index contributed by atoms with van der Waals surface area (Å²) in [4.78, 5) is 15.1. The quantitative estimate of drug-likeness (QED) is 0.864. The van der Waals surface area contributed by atoms with Gasteiger partial charge in [0.1, 0.15) is 6.04 Å². The van der Waals surface area contributed by atoms with Gasteiger partial charge in [-0.2, -0.15) is 0 Å². The molecule has 1 saturated heterocycles. The van der Waals surface area contributed by atoms with Crippen molar-refractivity contribution < 1.29 is 9.53 Å². The average Bonchev–Trinajstić information content (AvgIpc) is 3.14. The van der Waals surface area contributed by atoms with Gasteiger partial charge in [0.25, 0.3) is 0 Å². The van der Waals surface area contributed by atoms with Gasteiger partial charge in [-0.05, 0) is 31.4 Å². The van der Waals surface area contributed by atoms with Crippen LogP contribution in [0.5, 0.6) is 0 Å². The topological polar surface area (TPSA) is 41.6 Å². The molecule has 4 heteroatoms. The maximum absolute atomic E-state index is 13.1. The summed E-state index contributed by atoms with van der Waals surface area (Å²) in [6, 6.07) is 8.26. The number of hydrogen-bond acceptors (Lipinski definition) is 3. The first-order valence-corrected chi connectivity index (χ1v) is 8.47. The Labute approximate surface area is 131 Å². The fraction of sp³-hybridized carbons (Fsp3) is 0.611. The lowest BCUT2D eigenvalue weighted by Gasteiger charge is -2.33. The second kappa shape index (κ2) is 5.36. The molecule has 1 N–H and O–H groups in total. The zero-order valence-electron chi connectivity index (χ0n) is 13.2. The van der Waals surface area contributed by atoms with Crippen LogP contribution in [-0.4, -0.2) is 37.7 Å². The first-order chi connectivity index (χ1) is 10.7. The van der Waals surface area contributed by atoms with E-state index in [1.54, 1.807) is 0 Å². The number of fused-ring (bicyclic) bond motifs is 2. The summed E-state index contributed by atoms with van der Waals surface area (Å²) in [5, 5.41) is 3.34. The Morgan fingerprint density at radius 3 is 2.86 bits per heavy atom. The highest BCUT2D eigenvalue weighted by Crippen LogP contribution is 2.50. The van der Waals surface area contributed by atoms with Crippen LogP contribution in [0.3, 0.4) is 0 Å². The van der Waals surface area contributed by atoms with Crippen molar-refractivity contribution in [2.24, 2.45) is 0 Å². The lowest BCUT2D eigenvalue weighted by Crippen LogP contribution is -2.56. The summed E-state index contributed by atoms with van der Waals surface area (Å²) < 4.78 is 5.67. The predicted octanol–water partition coefficient (Wildman–Crippen LogP) is 2.22. The number of rotatable bonds is 1. The number of para-hydroxylation sites is 1. The van der Waals surface area contributed by atoms with Crippen molar-refractivity contribution in [1.29, 1.82) is 0 Å². The van der Waals surface area contributed by atoms with Crippen LogP contribution in [-0.2, 0) is 14.9 Å². The highest BCUT2D eigenvalue weighted by molar-refractivity contribution is 6.00.